The van der Waals surface area contributed by atoms with Gasteiger partial charge in [-0.15, -0.1) is 0 Å². The second-order valence-corrected chi connectivity index (χ2v) is 5.81. The lowest BCUT2D eigenvalue weighted by Gasteiger charge is -2.09. The Hall–Kier alpha value is -2.72. The van der Waals surface area contributed by atoms with Gasteiger partial charge in [0.2, 0.25) is 0 Å². The Morgan fingerprint density at radius 1 is 1.00 bits per heavy atom. The first-order chi connectivity index (χ1) is 11.9. The number of carbonyl (C=O) groups is 2. The average Bonchev–Trinajstić information content (AvgIpc) is 2.61. The van der Waals surface area contributed by atoms with Crippen LogP contribution in [0.3, 0.4) is 0 Å². The summed E-state index contributed by atoms with van der Waals surface area (Å²) in [5, 5.41) is 2.91. The summed E-state index contributed by atoms with van der Waals surface area (Å²) in [6.45, 7) is 3.33. The van der Waals surface area contributed by atoms with Crippen LogP contribution in [0.15, 0.2) is 60.2 Å². The molecule has 0 atom stereocenters. The van der Waals surface area contributed by atoms with Crippen LogP contribution in [0.2, 0.25) is 5.02 Å². The zero-order valence-electron chi connectivity index (χ0n) is 13.8. The van der Waals surface area contributed by atoms with Gasteiger partial charge in [0.1, 0.15) is 5.82 Å². The van der Waals surface area contributed by atoms with E-state index < -0.39 is 17.6 Å². The Morgan fingerprint density at radius 3 is 2.16 bits per heavy atom. The maximum atomic E-state index is 13.2. The van der Waals surface area contributed by atoms with E-state index in [0.29, 0.717) is 16.2 Å². The molecule has 128 valence electrons. The maximum absolute atomic E-state index is 13.2. The van der Waals surface area contributed by atoms with Crippen LogP contribution in [0.25, 0.3) is 11.6 Å². The lowest BCUT2D eigenvalue weighted by atomic mass is 10.0. The fourth-order valence-corrected chi connectivity index (χ4v) is 2.16. The Kier molecular flexibility index (Phi) is 6.25. The molecule has 3 nitrogen and oxygen atoms in total. The molecule has 2 aromatic rings. The van der Waals surface area contributed by atoms with E-state index >= 15 is 0 Å². The van der Waals surface area contributed by atoms with Crippen LogP contribution in [0, 0.1) is 5.82 Å². The summed E-state index contributed by atoms with van der Waals surface area (Å²) in [4.78, 5) is 24.5. The van der Waals surface area contributed by atoms with Gasteiger partial charge in [-0.1, -0.05) is 41.9 Å². The molecule has 5 heteroatoms. The highest BCUT2D eigenvalue weighted by Crippen LogP contribution is 2.20. The highest BCUT2D eigenvalue weighted by molar-refractivity contribution is 6.31. The van der Waals surface area contributed by atoms with Crippen LogP contribution < -0.4 is 5.32 Å². The van der Waals surface area contributed by atoms with E-state index in [2.05, 4.69) is 5.32 Å². The van der Waals surface area contributed by atoms with Crippen LogP contribution in [0.1, 0.15) is 25.0 Å². The third-order valence-electron chi connectivity index (χ3n) is 3.60. The minimum Gasteiger partial charge on any atom is -0.288 e. The van der Waals surface area contributed by atoms with Crippen molar-refractivity contribution in [3.8, 4) is 0 Å². The molecule has 25 heavy (non-hydrogen) atoms. The number of halogens is 2. The number of nitrogens with one attached hydrogen (secondary N) is 1. The zero-order chi connectivity index (χ0) is 18.4. The van der Waals surface area contributed by atoms with Gasteiger partial charge in [-0.05, 0) is 55.3 Å². The SMILES string of the molecule is C/C=C(\C)C(=O)NC(=O)/C(=C/c1ccc(Cl)cc1)c1ccc(F)cc1. The number of allylic oxidation sites excluding steroid dienone is 1. The number of carbonyl (C=O) groups excluding carboxylic acids is 2. The summed E-state index contributed by atoms with van der Waals surface area (Å²) in [5.41, 5.74) is 1.91. The summed E-state index contributed by atoms with van der Waals surface area (Å²) in [5.74, 6) is -1.44. The van der Waals surface area contributed by atoms with Crippen molar-refractivity contribution in [1.82, 2.24) is 5.32 Å². The molecule has 0 unspecified atom stereocenters. The second kappa shape index (κ2) is 8.40. The van der Waals surface area contributed by atoms with Crippen LogP contribution >= 0.6 is 11.6 Å². The molecule has 0 fully saturated rings. The van der Waals surface area contributed by atoms with Crippen LogP contribution in [-0.4, -0.2) is 11.8 Å². The standard InChI is InChI=1S/C20H17ClFNO2/c1-3-13(2)19(24)23-20(25)18(15-6-10-17(22)11-7-15)12-14-4-8-16(21)9-5-14/h3-12H,1-2H3,(H,23,24,25)/b13-3+,18-12+. The van der Waals surface area contributed by atoms with Crippen molar-refractivity contribution in [3.05, 3.63) is 82.1 Å². The Morgan fingerprint density at radius 2 is 1.60 bits per heavy atom. The fourth-order valence-electron chi connectivity index (χ4n) is 2.04. The van der Waals surface area contributed by atoms with Gasteiger partial charge in [0.05, 0.1) is 0 Å². The molecule has 2 aromatic carbocycles. The smallest absolute Gasteiger partial charge is 0.258 e. The number of imide groups is 1. The predicted molar refractivity (Wildman–Crippen MR) is 98.3 cm³/mol. The summed E-state index contributed by atoms with van der Waals surface area (Å²) >= 11 is 5.87. The van der Waals surface area contributed by atoms with Crippen molar-refractivity contribution in [2.24, 2.45) is 0 Å². The van der Waals surface area contributed by atoms with Gasteiger partial charge in [0.25, 0.3) is 11.8 Å². The van der Waals surface area contributed by atoms with E-state index in [1.165, 1.54) is 24.3 Å². The van der Waals surface area contributed by atoms with E-state index in [4.69, 9.17) is 11.6 Å². The summed E-state index contributed by atoms with van der Waals surface area (Å²) in [6, 6.07) is 12.4. The molecule has 2 amide bonds. The Labute approximate surface area is 150 Å². The van der Waals surface area contributed by atoms with E-state index in [-0.39, 0.29) is 5.57 Å². The van der Waals surface area contributed by atoms with E-state index in [9.17, 15) is 14.0 Å². The van der Waals surface area contributed by atoms with E-state index in [1.54, 1.807) is 50.3 Å². The van der Waals surface area contributed by atoms with Crippen molar-refractivity contribution in [3.63, 3.8) is 0 Å². The maximum Gasteiger partial charge on any atom is 0.258 e. The Bertz CT molecular complexity index is 837. The van der Waals surface area contributed by atoms with Crippen LogP contribution in [0.4, 0.5) is 4.39 Å². The van der Waals surface area contributed by atoms with Crippen molar-refractivity contribution in [1.29, 1.82) is 0 Å². The fraction of sp³-hybridized carbons (Fsp3) is 0.100. The van der Waals surface area contributed by atoms with Gasteiger partial charge in [-0.25, -0.2) is 4.39 Å². The largest absolute Gasteiger partial charge is 0.288 e. The molecule has 0 spiro atoms. The lowest BCUT2D eigenvalue weighted by molar-refractivity contribution is -0.125. The quantitative estimate of drug-likeness (QED) is 0.640. The monoisotopic (exact) mass is 357 g/mol. The molecule has 0 aliphatic rings. The molecule has 0 aliphatic heterocycles. The molecule has 0 bridgehead atoms. The second-order valence-electron chi connectivity index (χ2n) is 5.37. The number of rotatable bonds is 4. The molecular weight excluding hydrogens is 341 g/mol. The molecule has 0 aromatic heterocycles. The van der Waals surface area contributed by atoms with Crippen molar-refractivity contribution in [2.75, 3.05) is 0 Å². The third kappa shape index (κ3) is 5.13. The minimum atomic E-state index is -0.562. The highest BCUT2D eigenvalue weighted by Gasteiger charge is 2.16. The number of benzene rings is 2. The van der Waals surface area contributed by atoms with Gasteiger partial charge >= 0.3 is 0 Å². The van der Waals surface area contributed by atoms with Gasteiger partial charge < -0.3 is 0 Å². The molecule has 0 saturated heterocycles. The number of amides is 2. The highest BCUT2D eigenvalue weighted by atomic mass is 35.5. The first-order valence-corrected chi connectivity index (χ1v) is 8.00. The Balaban J connectivity index is 2.41. The average molecular weight is 358 g/mol. The van der Waals surface area contributed by atoms with Crippen LogP contribution in [-0.2, 0) is 9.59 Å². The zero-order valence-corrected chi connectivity index (χ0v) is 14.6. The van der Waals surface area contributed by atoms with Crippen molar-refractivity contribution < 1.29 is 14.0 Å². The van der Waals surface area contributed by atoms with Crippen LogP contribution in [0.5, 0.6) is 0 Å². The van der Waals surface area contributed by atoms with Gasteiger partial charge in [0.15, 0.2) is 0 Å². The molecular formula is C20H17ClFNO2. The van der Waals surface area contributed by atoms with Gasteiger partial charge in [0, 0.05) is 16.2 Å². The third-order valence-corrected chi connectivity index (χ3v) is 3.85. The molecule has 1 N–H and O–H groups in total. The molecule has 2 rings (SSSR count). The first-order valence-electron chi connectivity index (χ1n) is 7.62. The minimum absolute atomic E-state index is 0.250. The number of hydrogen-bond acceptors (Lipinski definition) is 2. The topological polar surface area (TPSA) is 46.2 Å². The first kappa shape index (κ1) is 18.6. The van der Waals surface area contributed by atoms with E-state index in [1.807, 2.05) is 0 Å². The molecule has 0 saturated carbocycles. The predicted octanol–water partition coefficient (Wildman–Crippen LogP) is 4.63. The summed E-state index contributed by atoms with van der Waals surface area (Å²) < 4.78 is 13.2. The summed E-state index contributed by atoms with van der Waals surface area (Å²) in [7, 11) is 0. The normalized spacial score (nSPS) is 12.0. The molecule has 0 aliphatic carbocycles. The molecule has 0 heterocycles. The van der Waals surface area contributed by atoms with E-state index in [0.717, 1.165) is 5.56 Å². The lowest BCUT2D eigenvalue weighted by Crippen LogP contribution is -2.31. The number of hydrogen-bond donors (Lipinski definition) is 1. The summed E-state index contributed by atoms with van der Waals surface area (Å²) in [6.07, 6.45) is 3.24. The van der Waals surface area contributed by atoms with Gasteiger partial charge in [-0.3, -0.25) is 14.9 Å². The van der Waals surface area contributed by atoms with Gasteiger partial charge in [-0.2, -0.15) is 0 Å². The van der Waals surface area contributed by atoms with Crippen molar-refractivity contribution in [2.45, 2.75) is 13.8 Å². The molecule has 0 radical (unpaired) electrons. The van der Waals surface area contributed by atoms with Crippen molar-refractivity contribution >= 4 is 35.1 Å².